The lowest BCUT2D eigenvalue weighted by atomic mass is 10.00. The summed E-state index contributed by atoms with van der Waals surface area (Å²) in [6.07, 6.45) is 0. The summed E-state index contributed by atoms with van der Waals surface area (Å²) in [6, 6.07) is 12.1. The van der Waals surface area contributed by atoms with Gasteiger partial charge in [-0.3, -0.25) is 0 Å². The molecule has 0 unspecified atom stereocenters. The average Bonchev–Trinajstić information content (AvgIpc) is 2.27. The number of hydrogen-bond donors (Lipinski definition) is 1. The summed E-state index contributed by atoms with van der Waals surface area (Å²) in [6.45, 7) is 0.421. The minimum Gasteiger partial charge on any atom is -0.326 e. The maximum absolute atomic E-state index is 13.2. The summed E-state index contributed by atoms with van der Waals surface area (Å²) in [7, 11) is 0. The lowest BCUT2D eigenvalue weighted by Crippen LogP contribution is -1.98. The third kappa shape index (κ3) is 2.23. The van der Waals surface area contributed by atoms with Crippen molar-refractivity contribution in [3.63, 3.8) is 0 Å². The molecule has 0 fully saturated rings. The number of hydrogen-bond acceptors (Lipinski definition) is 1. The van der Waals surface area contributed by atoms with Crippen molar-refractivity contribution >= 4 is 11.6 Å². The van der Waals surface area contributed by atoms with Gasteiger partial charge in [-0.1, -0.05) is 35.9 Å². The van der Waals surface area contributed by atoms with E-state index >= 15 is 0 Å². The van der Waals surface area contributed by atoms with E-state index in [4.69, 9.17) is 17.3 Å². The molecule has 3 heteroatoms. The Balaban J connectivity index is 2.58. The Hall–Kier alpha value is -1.38. The molecule has 0 aliphatic carbocycles. The van der Waals surface area contributed by atoms with Crippen LogP contribution < -0.4 is 5.73 Å². The van der Waals surface area contributed by atoms with Gasteiger partial charge in [0.25, 0.3) is 0 Å². The molecule has 16 heavy (non-hydrogen) atoms. The summed E-state index contributed by atoms with van der Waals surface area (Å²) < 4.78 is 13.2. The predicted molar refractivity (Wildman–Crippen MR) is 64.7 cm³/mol. The first-order chi connectivity index (χ1) is 7.70. The van der Waals surface area contributed by atoms with E-state index in [2.05, 4.69) is 0 Å². The molecule has 0 amide bonds. The van der Waals surface area contributed by atoms with Crippen molar-refractivity contribution in [3.8, 4) is 11.1 Å². The van der Waals surface area contributed by atoms with Gasteiger partial charge in [-0.15, -0.1) is 0 Å². The van der Waals surface area contributed by atoms with Crippen molar-refractivity contribution < 1.29 is 4.39 Å². The number of nitrogens with two attached hydrogens (primary N) is 1. The van der Waals surface area contributed by atoms with Gasteiger partial charge in [-0.25, -0.2) is 4.39 Å². The fourth-order valence-electron chi connectivity index (χ4n) is 1.69. The van der Waals surface area contributed by atoms with Crippen molar-refractivity contribution in [1.82, 2.24) is 0 Å². The first-order valence-electron chi connectivity index (χ1n) is 4.95. The summed E-state index contributed by atoms with van der Waals surface area (Å²) in [5.41, 5.74) is 8.29. The van der Waals surface area contributed by atoms with Crippen molar-refractivity contribution in [3.05, 3.63) is 58.9 Å². The zero-order chi connectivity index (χ0) is 11.5. The second kappa shape index (κ2) is 4.64. The highest BCUT2D eigenvalue weighted by molar-refractivity contribution is 6.30. The molecule has 0 atom stereocenters. The molecule has 0 aromatic heterocycles. The van der Waals surface area contributed by atoms with Crippen LogP contribution in [-0.4, -0.2) is 0 Å². The van der Waals surface area contributed by atoms with Gasteiger partial charge in [0, 0.05) is 11.6 Å². The normalized spacial score (nSPS) is 10.4. The Kier molecular flexibility index (Phi) is 3.22. The van der Waals surface area contributed by atoms with Gasteiger partial charge in [-0.05, 0) is 34.9 Å². The number of halogens is 2. The van der Waals surface area contributed by atoms with Gasteiger partial charge in [0.2, 0.25) is 0 Å². The highest BCUT2D eigenvalue weighted by Crippen LogP contribution is 2.27. The van der Waals surface area contributed by atoms with Gasteiger partial charge in [0.05, 0.1) is 0 Å². The summed E-state index contributed by atoms with van der Waals surface area (Å²) >= 11 is 5.82. The van der Waals surface area contributed by atoms with Crippen molar-refractivity contribution in [2.45, 2.75) is 6.54 Å². The van der Waals surface area contributed by atoms with Crippen LogP contribution in [0, 0.1) is 5.82 Å². The van der Waals surface area contributed by atoms with E-state index in [0.717, 1.165) is 16.7 Å². The quantitative estimate of drug-likeness (QED) is 0.846. The summed E-state index contributed by atoms with van der Waals surface area (Å²) in [5.74, 6) is -0.339. The van der Waals surface area contributed by atoms with Crippen LogP contribution in [-0.2, 0) is 6.54 Å². The van der Waals surface area contributed by atoms with Crippen LogP contribution in [0.4, 0.5) is 4.39 Å². The molecule has 0 saturated carbocycles. The van der Waals surface area contributed by atoms with Gasteiger partial charge < -0.3 is 5.73 Å². The average molecular weight is 236 g/mol. The zero-order valence-electron chi connectivity index (χ0n) is 8.58. The molecule has 0 saturated heterocycles. The molecule has 0 radical (unpaired) electrons. The predicted octanol–water partition coefficient (Wildman–Crippen LogP) is 3.60. The third-order valence-corrected chi connectivity index (χ3v) is 2.63. The molecule has 0 heterocycles. The van der Waals surface area contributed by atoms with Crippen LogP contribution in [0.1, 0.15) is 5.56 Å². The molecule has 2 N–H and O–H groups in total. The topological polar surface area (TPSA) is 26.0 Å². The van der Waals surface area contributed by atoms with E-state index < -0.39 is 0 Å². The Labute approximate surface area is 98.7 Å². The summed E-state index contributed by atoms with van der Waals surface area (Å²) in [4.78, 5) is 0. The highest BCUT2D eigenvalue weighted by Gasteiger charge is 2.05. The van der Waals surface area contributed by atoms with E-state index in [-0.39, 0.29) is 5.82 Å². The van der Waals surface area contributed by atoms with E-state index in [1.807, 2.05) is 24.3 Å². The van der Waals surface area contributed by atoms with Crippen LogP contribution in [0.3, 0.4) is 0 Å². The van der Waals surface area contributed by atoms with Crippen LogP contribution in [0.2, 0.25) is 5.02 Å². The Bertz CT molecular complexity index is 491. The van der Waals surface area contributed by atoms with Crippen LogP contribution in [0.15, 0.2) is 42.5 Å². The largest absolute Gasteiger partial charge is 0.326 e. The lowest BCUT2D eigenvalue weighted by Gasteiger charge is -2.08. The molecular weight excluding hydrogens is 225 g/mol. The highest BCUT2D eigenvalue weighted by atomic mass is 35.5. The molecule has 2 rings (SSSR count). The third-order valence-electron chi connectivity index (χ3n) is 2.41. The van der Waals surface area contributed by atoms with Crippen molar-refractivity contribution in [2.24, 2.45) is 5.73 Å². The van der Waals surface area contributed by atoms with Crippen molar-refractivity contribution in [2.75, 3.05) is 0 Å². The molecule has 0 aliphatic heterocycles. The van der Waals surface area contributed by atoms with Crippen LogP contribution >= 0.6 is 11.6 Å². The van der Waals surface area contributed by atoms with Crippen LogP contribution in [0.25, 0.3) is 11.1 Å². The second-order valence-corrected chi connectivity index (χ2v) is 3.96. The second-order valence-electron chi connectivity index (χ2n) is 3.52. The van der Waals surface area contributed by atoms with E-state index in [1.165, 1.54) is 12.1 Å². The van der Waals surface area contributed by atoms with Gasteiger partial charge >= 0.3 is 0 Å². The van der Waals surface area contributed by atoms with Gasteiger partial charge in [0.15, 0.2) is 0 Å². The molecule has 2 aromatic rings. The molecule has 0 aliphatic rings. The molecular formula is C13H11ClFN. The maximum Gasteiger partial charge on any atom is 0.125 e. The number of rotatable bonds is 2. The maximum atomic E-state index is 13.2. The SMILES string of the molecule is NCc1ccccc1-c1cc(F)cc(Cl)c1. The molecule has 1 nitrogen and oxygen atoms in total. The fraction of sp³-hybridized carbons (Fsp3) is 0.0769. The molecule has 2 aromatic carbocycles. The van der Waals surface area contributed by atoms with Gasteiger partial charge in [0.1, 0.15) is 5.82 Å². The fourth-order valence-corrected chi connectivity index (χ4v) is 1.91. The Morgan fingerprint density at radius 1 is 1.12 bits per heavy atom. The summed E-state index contributed by atoms with van der Waals surface area (Å²) in [5, 5.41) is 0.391. The molecule has 0 spiro atoms. The smallest absolute Gasteiger partial charge is 0.125 e. The van der Waals surface area contributed by atoms with E-state index in [9.17, 15) is 4.39 Å². The van der Waals surface area contributed by atoms with E-state index in [0.29, 0.717) is 11.6 Å². The van der Waals surface area contributed by atoms with E-state index in [1.54, 1.807) is 6.07 Å². The molecule has 82 valence electrons. The Morgan fingerprint density at radius 2 is 1.88 bits per heavy atom. The first-order valence-corrected chi connectivity index (χ1v) is 5.33. The first kappa shape index (κ1) is 11.1. The standard InChI is InChI=1S/C13H11ClFN/c14-11-5-10(6-12(15)7-11)13-4-2-1-3-9(13)8-16/h1-7H,8,16H2. The Morgan fingerprint density at radius 3 is 2.56 bits per heavy atom. The molecule has 0 bridgehead atoms. The minimum atomic E-state index is -0.339. The lowest BCUT2D eigenvalue weighted by molar-refractivity contribution is 0.628. The zero-order valence-corrected chi connectivity index (χ0v) is 9.34. The van der Waals surface area contributed by atoms with Crippen molar-refractivity contribution in [1.29, 1.82) is 0 Å². The van der Waals surface area contributed by atoms with Crippen LogP contribution in [0.5, 0.6) is 0 Å². The minimum absolute atomic E-state index is 0.339. The number of benzene rings is 2. The van der Waals surface area contributed by atoms with Gasteiger partial charge in [-0.2, -0.15) is 0 Å². The monoisotopic (exact) mass is 235 g/mol.